The van der Waals surface area contributed by atoms with E-state index in [4.69, 9.17) is 4.74 Å². The van der Waals surface area contributed by atoms with Crippen LogP contribution >= 0.6 is 0 Å². The third-order valence-corrected chi connectivity index (χ3v) is 3.91. The van der Waals surface area contributed by atoms with Gasteiger partial charge in [0.15, 0.2) is 0 Å². The molecule has 0 amide bonds. The summed E-state index contributed by atoms with van der Waals surface area (Å²) < 4.78 is 5.68. The molecule has 0 aromatic heterocycles. The molecule has 22 heavy (non-hydrogen) atoms. The van der Waals surface area contributed by atoms with Gasteiger partial charge in [-0.25, -0.2) is 0 Å². The van der Waals surface area contributed by atoms with Gasteiger partial charge in [0, 0.05) is 6.42 Å². The van der Waals surface area contributed by atoms with Crippen molar-refractivity contribution in [2.24, 2.45) is 5.92 Å². The summed E-state index contributed by atoms with van der Waals surface area (Å²) in [6.45, 7) is 6.64. The highest BCUT2D eigenvalue weighted by Crippen LogP contribution is 2.23. The largest absolute Gasteiger partial charge is 0.457 e. The summed E-state index contributed by atoms with van der Waals surface area (Å²) in [6.07, 6.45) is 8.24. The first-order valence-corrected chi connectivity index (χ1v) is 8.88. The van der Waals surface area contributed by atoms with Gasteiger partial charge in [0.1, 0.15) is 6.10 Å². The van der Waals surface area contributed by atoms with Crippen molar-refractivity contribution in [3.05, 3.63) is 35.9 Å². The second kappa shape index (κ2) is 11.3. The van der Waals surface area contributed by atoms with Crippen molar-refractivity contribution in [3.8, 4) is 0 Å². The van der Waals surface area contributed by atoms with E-state index in [1.807, 2.05) is 30.3 Å². The number of carbonyl (C=O) groups excluding carboxylic acids is 1. The zero-order chi connectivity index (χ0) is 16.2. The van der Waals surface area contributed by atoms with Crippen molar-refractivity contribution >= 4 is 5.97 Å². The lowest BCUT2D eigenvalue weighted by Gasteiger charge is -2.17. The Bertz CT molecular complexity index is 397. The van der Waals surface area contributed by atoms with Gasteiger partial charge in [-0.3, -0.25) is 4.79 Å². The Morgan fingerprint density at radius 2 is 1.68 bits per heavy atom. The van der Waals surface area contributed by atoms with Crippen molar-refractivity contribution in [1.29, 1.82) is 0 Å². The lowest BCUT2D eigenvalue weighted by molar-refractivity contribution is -0.150. The SMILES string of the molecule is CCCC(OC(=O)CCCCCCC(C)C)c1ccccc1. The summed E-state index contributed by atoms with van der Waals surface area (Å²) in [7, 11) is 0. The van der Waals surface area contributed by atoms with Gasteiger partial charge in [-0.1, -0.05) is 83.2 Å². The molecule has 0 aliphatic carbocycles. The second-order valence-corrected chi connectivity index (χ2v) is 6.52. The van der Waals surface area contributed by atoms with Crippen LogP contribution in [0.25, 0.3) is 0 Å². The molecule has 0 saturated carbocycles. The predicted molar refractivity (Wildman–Crippen MR) is 92.7 cm³/mol. The molecule has 2 heteroatoms. The minimum Gasteiger partial charge on any atom is -0.457 e. The van der Waals surface area contributed by atoms with Crippen molar-refractivity contribution in [1.82, 2.24) is 0 Å². The minimum absolute atomic E-state index is 0.0498. The number of carbonyl (C=O) groups is 1. The molecule has 0 aliphatic rings. The van der Waals surface area contributed by atoms with Gasteiger partial charge >= 0.3 is 5.97 Å². The number of unbranched alkanes of at least 4 members (excludes halogenated alkanes) is 3. The highest BCUT2D eigenvalue weighted by Gasteiger charge is 2.15. The molecule has 1 unspecified atom stereocenters. The van der Waals surface area contributed by atoms with E-state index in [-0.39, 0.29) is 12.1 Å². The van der Waals surface area contributed by atoms with Gasteiger partial charge in [-0.15, -0.1) is 0 Å². The van der Waals surface area contributed by atoms with E-state index in [0.29, 0.717) is 6.42 Å². The molecule has 0 fully saturated rings. The normalized spacial score (nSPS) is 12.4. The lowest BCUT2D eigenvalue weighted by Crippen LogP contribution is -2.11. The highest BCUT2D eigenvalue weighted by atomic mass is 16.5. The molecule has 1 atom stereocenters. The molecule has 0 N–H and O–H groups in total. The topological polar surface area (TPSA) is 26.3 Å². The maximum atomic E-state index is 12.0. The van der Waals surface area contributed by atoms with Crippen molar-refractivity contribution in [2.75, 3.05) is 0 Å². The molecule has 2 nitrogen and oxygen atoms in total. The summed E-state index contributed by atoms with van der Waals surface area (Å²) >= 11 is 0. The maximum Gasteiger partial charge on any atom is 0.306 e. The molecule has 0 spiro atoms. The van der Waals surface area contributed by atoms with Gasteiger partial charge < -0.3 is 4.74 Å². The summed E-state index contributed by atoms with van der Waals surface area (Å²) in [6, 6.07) is 10.1. The summed E-state index contributed by atoms with van der Waals surface area (Å²) in [5, 5.41) is 0. The number of hydrogen-bond acceptors (Lipinski definition) is 2. The molecule has 1 aromatic rings. The third-order valence-electron chi connectivity index (χ3n) is 3.91. The molecule has 1 rings (SSSR count). The first-order chi connectivity index (χ1) is 10.6. The summed E-state index contributed by atoms with van der Waals surface area (Å²) in [5.74, 6) is 0.733. The highest BCUT2D eigenvalue weighted by molar-refractivity contribution is 5.69. The van der Waals surface area contributed by atoms with E-state index in [1.54, 1.807) is 0 Å². The lowest BCUT2D eigenvalue weighted by atomic mass is 10.0. The van der Waals surface area contributed by atoms with Gasteiger partial charge in [-0.05, 0) is 24.3 Å². The van der Waals surface area contributed by atoms with Crippen molar-refractivity contribution in [2.45, 2.75) is 78.2 Å². The Labute approximate surface area is 136 Å². The molecule has 0 bridgehead atoms. The predicted octanol–water partition coefficient (Wildman–Crippen LogP) is 6.07. The van der Waals surface area contributed by atoms with Crippen LogP contribution in [0.4, 0.5) is 0 Å². The Kier molecular flexibility index (Phi) is 9.61. The first-order valence-electron chi connectivity index (χ1n) is 8.88. The standard InChI is InChI=1S/C20H32O2/c1-4-12-19(18-14-9-7-10-15-18)22-20(21)16-11-6-5-8-13-17(2)3/h7,9-10,14-15,17,19H,4-6,8,11-13,16H2,1-3H3. The zero-order valence-corrected chi connectivity index (χ0v) is 14.5. The van der Waals surface area contributed by atoms with Crippen LogP contribution < -0.4 is 0 Å². The van der Waals surface area contributed by atoms with E-state index in [2.05, 4.69) is 20.8 Å². The number of hydrogen-bond donors (Lipinski definition) is 0. The minimum atomic E-state index is -0.0837. The van der Waals surface area contributed by atoms with Gasteiger partial charge in [0.25, 0.3) is 0 Å². The van der Waals surface area contributed by atoms with Gasteiger partial charge in [-0.2, -0.15) is 0 Å². The van der Waals surface area contributed by atoms with Crippen molar-refractivity contribution < 1.29 is 9.53 Å². The molecular formula is C20H32O2. The van der Waals surface area contributed by atoms with Crippen LogP contribution in [0, 0.1) is 5.92 Å². The Morgan fingerprint density at radius 3 is 2.32 bits per heavy atom. The van der Waals surface area contributed by atoms with Crippen LogP contribution in [0.1, 0.15) is 83.8 Å². The number of benzene rings is 1. The van der Waals surface area contributed by atoms with Gasteiger partial charge in [0.05, 0.1) is 0 Å². The fraction of sp³-hybridized carbons (Fsp3) is 0.650. The van der Waals surface area contributed by atoms with Crippen LogP contribution in [-0.2, 0) is 9.53 Å². The second-order valence-electron chi connectivity index (χ2n) is 6.52. The zero-order valence-electron chi connectivity index (χ0n) is 14.5. The average Bonchev–Trinajstić information content (AvgIpc) is 2.51. The quantitative estimate of drug-likeness (QED) is 0.366. The Morgan fingerprint density at radius 1 is 1.00 bits per heavy atom. The molecule has 124 valence electrons. The molecular weight excluding hydrogens is 272 g/mol. The van der Waals surface area contributed by atoms with Gasteiger partial charge in [0.2, 0.25) is 0 Å². The molecule has 0 radical (unpaired) electrons. The molecule has 0 heterocycles. The number of esters is 1. The fourth-order valence-electron chi connectivity index (χ4n) is 2.62. The fourth-order valence-corrected chi connectivity index (χ4v) is 2.62. The maximum absolute atomic E-state index is 12.0. The van der Waals surface area contributed by atoms with E-state index in [1.165, 1.54) is 19.3 Å². The smallest absolute Gasteiger partial charge is 0.306 e. The molecule has 0 aliphatic heterocycles. The number of ether oxygens (including phenoxy) is 1. The average molecular weight is 304 g/mol. The van der Waals surface area contributed by atoms with Crippen LogP contribution in [-0.4, -0.2) is 5.97 Å². The Balaban J connectivity index is 2.26. The molecule has 0 saturated heterocycles. The number of rotatable bonds is 11. The molecule has 1 aromatic carbocycles. The summed E-state index contributed by atoms with van der Waals surface area (Å²) in [5.41, 5.74) is 1.11. The monoisotopic (exact) mass is 304 g/mol. The van der Waals surface area contributed by atoms with E-state index < -0.39 is 0 Å². The van der Waals surface area contributed by atoms with E-state index >= 15 is 0 Å². The van der Waals surface area contributed by atoms with E-state index in [0.717, 1.165) is 37.2 Å². The van der Waals surface area contributed by atoms with Crippen LogP contribution in [0.15, 0.2) is 30.3 Å². The van der Waals surface area contributed by atoms with Crippen LogP contribution in [0.3, 0.4) is 0 Å². The van der Waals surface area contributed by atoms with Crippen LogP contribution in [0.5, 0.6) is 0 Å². The third kappa shape index (κ3) is 8.21. The first kappa shape index (κ1) is 18.7. The van der Waals surface area contributed by atoms with Crippen molar-refractivity contribution in [3.63, 3.8) is 0 Å². The summed E-state index contributed by atoms with van der Waals surface area (Å²) in [4.78, 5) is 12.0. The van der Waals surface area contributed by atoms with Crippen LogP contribution in [0.2, 0.25) is 0 Å². The Hall–Kier alpha value is -1.31. The van der Waals surface area contributed by atoms with E-state index in [9.17, 15) is 4.79 Å².